The second-order valence-corrected chi connectivity index (χ2v) is 5.42. The van der Waals surface area contributed by atoms with E-state index in [1.165, 1.54) is 6.08 Å². The number of nitrogens with one attached hydrogen (secondary N) is 1. The molecule has 0 fully saturated rings. The fourth-order valence-corrected chi connectivity index (χ4v) is 2.07. The summed E-state index contributed by atoms with van der Waals surface area (Å²) in [5.74, 6) is 0.550. The number of ether oxygens (including phenoxy) is 1. The molecular formula is C19H21NO3. The lowest BCUT2D eigenvalue weighted by Gasteiger charge is -2.09. The minimum Gasteiger partial charge on any atom is -0.491 e. The molecule has 0 heterocycles. The first-order chi connectivity index (χ1) is 11.1. The molecule has 0 bridgehead atoms. The van der Waals surface area contributed by atoms with E-state index in [0.717, 1.165) is 16.9 Å². The molecule has 0 saturated carbocycles. The zero-order valence-corrected chi connectivity index (χ0v) is 13.3. The molecule has 2 N–H and O–H groups in total. The molecule has 0 atom stereocenters. The Balaban J connectivity index is 2.00. The molecule has 23 heavy (non-hydrogen) atoms. The van der Waals surface area contributed by atoms with Crippen LogP contribution in [0.3, 0.4) is 0 Å². The van der Waals surface area contributed by atoms with Gasteiger partial charge < -0.3 is 15.2 Å². The van der Waals surface area contributed by atoms with Crippen LogP contribution in [0.25, 0.3) is 6.08 Å². The first-order valence-electron chi connectivity index (χ1n) is 7.52. The summed E-state index contributed by atoms with van der Waals surface area (Å²) in [6, 6.07) is 14.7. The van der Waals surface area contributed by atoms with Gasteiger partial charge in [0.25, 0.3) is 0 Å². The number of amides is 1. The van der Waals surface area contributed by atoms with Crippen molar-refractivity contribution in [2.24, 2.45) is 0 Å². The molecule has 0 aromatic heterocycles. The van der Waals surface area contributed by atoms with E-state index in [4.69, 9.17) is 9.84 Å². The first kappa shape index (κ1) is 16.8. The third kappa shape index (κ3) is 5.60. The van der Waals surface area contributed by atoms with Gasteiger partial charge in [-0.15, -0.1) is 0 Å². The summed E-state index contributed by atoms with van der Waals surface area (Å²) in [7, 11) is 0. The van der Waals surface area contributed by atoms with Crippen molar-refractivity contribution < 1.29 is 14.6 Å². The maximum Gasteiger partial charge on any atom is 0.248 e. The van der Waals surface area contributed by atoms with E-state index >= 15 is 0 Å². The van der Waals surface area contributed by atoms with Gasteiger partial charge in [-0.1, -0.05) is 24.3 Å². The zero-order chi connectivity index (χ0) is 16.7. The number of carbonyl (C=O) groups excluding carboxylic acids is 1. The molecule has 4 heteroatoms. The number of anilines is 1. The van der Waals surface area contributed by atoms with Crippen LogP contribution in [0.5, 0.6) is 5.75 Å². The molecule has 1 amide bonds. The summed E-state index contributed by atoms with van der Waals surface area (Å²) in [6.07, 6.45) is 3.31. The minimum atomic E-state index is -0.227. The highest BCUT2D eigenvalue weighted by Gasteiger charge is 2.00. The highest BCUT2D eigenvalue weighted by atomic mass is 16.5. The molecule has 0 saturated heterocycles. The average molecular weight is 311 g/mol. The van der Waals surface area contributed by atoms with Gasteiger partial charge in [0.1, 0.15) is 5.75 Å². The van der Waals surface area contributed by atoms with E-state index in [1.54, 1.807) is 30.3 Å². The lowest BCUT2D eigenvalue weighted by Crippen LogP contribution is -2.08. The van der Waals surface area contributed by atoms with Gasteiger partial charge in [0, 0.05) is 11.8 Å². The zero-order valence-electron chi connectivity index (χ0n) is 13.3. The van der Waals surface area contributed by atoms with Crippen LogP contribution in [0.15, 0.2) is 54.6 Å². The number of benzene rings is 2. The Kier molecular flexibility index (Phi) is 5.94. The summed E-state index contributed by atoms with van der Waals surface area (Å²) >= 11 is 0. The number of hydrogen-bond donors (Lipinski definition) is 2. The standard InChI is InChI=1S/C19H21NO3/c1-14(2)23-18-8-4-5-15(12-18)9-10-19(22)20-17-7-3-6-16(11-17)13-21/h3-12,14,21H,13H2,1-2H3,(H,20,22)/b10-9+. The maximum atomic E-state index is 12.0. The van der Waals surface area contributed by atoms with Crippen molar-refractivity contribution in [3.05, 3.63) is 65.7 Å². The Morgan fingerprint density at radius 3 is 2.74 bits per heavy atom. The van der Waals surface area contributed by atoms with Gasteiger partial charge >= 0.3 is 0 Å². The quantitative estimate of drug-likeness (QED) is 0.801. The number of rotatable bonds is 6. The van der Waals surface area contributed by atoms with Gasteiger partial charge in [0.15, 0.2) is 0 Å². The molecule has 0 aliphatic carbocycles. The Morgan fingerprint density at radius 2 is 2.00 bits per heavy atom. The Morgan fingerprint density at radius 1 is 1.22 bits per heavy atom. The SMILES string of the molecule is CC(C)Oc1cccc(/C=C/C(=O)Nc2cccc(CO)c2)c1. The van der Waals surface area contributed by atoms with E-state index in [9.17, 15) is 4.79 Å². The van der Waals surface area contributed by atoms with Crippen molar-refractivity contribution in [2.45, 2.75) is 26.6 Å². The lowest BCUT2D eigenvalue weighted by molar-refractivity contribution is -0.111. The van der Waals surface area contributed by atoms with Gasteiger partial charge in [-0.05, 0) is 55.3 Å². The fraction of sp³-hybridized carbons (Fsp3) is 0.211. The van der Waals surface area contributed by atoms with Crippen LogP contribution in [0.2, 0.25) is 0 Å². The Labute approximate surface area is 136 Å². The molecule has 2 rings (SSSR count). The normalized spacial score (nSPS) is 11.0. The molecule has 0 aliphatic heterocycles. The number of hydrogen-bond acceptors (Lipinski definition) is 3. The molecule has 2 aromatic carbocycles. The average Bonchev–Trinajstić information content (AvgIpc) is 2.53. The van der Waals surface area contributed by atoms with Crippen molar-refractivity contribution in [2.75, 3.05) is 5.32 Å². The van der Waals surface area contributed by atoms with Crippen LogP contribution in [-0.4, -0.2) is 17.1 Å². The topological polar surface area (TPSA) is 58.6 Å². The van der Waals surface area contributed by atoms with E-state index < -0.39 is 0 Å². The van der Waals surface area contributed by atoms with Crippen molar-refractivity contribution in [3.63, 3.8) is 0 Å². The number of aliphatic hydroxyl groups is 1. The van der Waals surface area contributed by atoms with Gasteiger partial charge in [0.05, 0.1) is 12.7 Å². The van der Waals surface area contributed by atoms with Crippen LogP contribution < -0.4 is 10.1 Å². The van der Waals surface area contributed by atoms with Crippen molar-refractivity contribution >= 4 is 17.7 Å². The van der Waals surface area contributed by atoms with Crippen LogP contribution in [0, 0.1) is 0 Å². The second kappa shape index (κ2) is 8.15. The van der Waals surface area contributed by atoms with Crippen molar-refractivity contribution in [1.29, 1.82) is 0 Å². The van der Waals surface area contributed by atoms with Gasteiger partial charge in [0.2, 0.25) is 5.91 Å². The van der Waals surface area contributed by atoms with Crippen molar-refractivity contribution in [1.82, 2.24) is 0 Å². The molecule has 2 aromatic rings. The summed E-state index contributed by atoms with van der Waals surface area (Å²) < 4.78 is 5.62. The molecule has 120 valence electrons. The molecule has 4 nitrogen and oxygen atoms in total. The van der Waals surface area contributed by atoms with Gasteiger partial charge in [-0.25, -0.2) is 0 Å². The van der Waals surface area contributed by atoms with Gasteiger partial charge in [-0.2, -0.15) is 0 Å². The summed E-state index contributed by atoms with van der Waals surface area (Å²) in [6.45, 7) is 3.88. The van der Waals surface area contributed by atoms with Crippen LogP contribution >= 0.6 is 0 Å². The van der Waals surface area contributed by atoms with E-state index in [1.807, 2.05) is 38.1 Å². The van der Waals surface area contributed by atoms with Crippen LogP contribution in [0.4, 0.5) is 5.69 Å². The highest BCUT2D eigenvalue weighted by Crippen LogP contribution is 2.16. The molecule has 0 radical (unpaired) electrons. The molecular weight excluding hydrogens is 290 g/mol. The van der Waals surface area contributed by atoms with Crippen molar-refractivity contribution in [3.8, 4) is 5.75 Å². The van der Waals surface area contributed by atoms with E-state index in [2.05, 4.69) is 5.32 Å². The second-order valence-electron chi connectivity index (χ2n) is 5.42. The predicted octanol–water partition coefficient (Wildman–Crippen LogP) is 3.62. The maximum absolute atomic E-state index is 12.0. The van der Waals surface area contributed by atoms with E-state index in [-0.39, 0.29) is 18.6 Å². The smallest absolute Gasteiger partial charge is 0.248 e. The minimum absolute atomic E-state index is 0.0534. The molecule has 0 aliphatic rings. The monoisotopic (exact) mass is 311 g/mol. The Hall–Kier alpha value is -2.59. The van der Waals surface area contributed by atoms with E-state index in [0.29, 0.717) is 5.69 Å². The summed E-state index contributed by atoms with van der Waals surface area (Å²) in [5.41, 5.74) is 2.30. The third-order valence-corrected chi connectivity index (χ3v) is 3.03. The van der Waals surface area contributed by atoms with Gasteiger partial charge in [-0.3, -0.25) is 4.79 Å². The fourth-order valence-electron chi connectivity index (χ4n) is 2.07. The lowest BCUT2D eigenvalue weighted by atomic mass is 10.2. The third-order valence-electron chi connectivity index (χ3n) is 3.03. The molecule has 0 spiro atoms. The summed E-state index contributed by atoms with van der Waals surface area (Å²) in [4.78, 5) is 12.0. The predicted molar refractivity (Wildman–Crippen MR) is 92.2 cm³/mol. The Bertz CT molecular complexity index is 693. The first-order valence-corrected chi connectivity index (χ1v) is 7.52. The summed E-state index contributed by atoms with van der Waals surface area (Å²) in [5, 5.41) is 11.9. The van der Waals surface area contributed by atoms with Crippen LogP contribution in [0.1, 0.15) is 25.0 Å². The number of carbonyl (C=O) groups is 1. The number of aliphatic hydroxyl groups excluding tert-OH is 1. The molecule has 0 unspecified atom stereocenters. The largest absolute Gasteiger partial charge is 0.491 e. The van der Waals surface area contributed by atoms with Crippen LogP contribution in [-0.2, 0) is 11.4 Å². The highest BCUT2D eigenvalue weighted by molar-refractivity contribution is 6.01.